The fourth-order valence-electron chi connectivity index (χ4n) is 9.37. The molecule has 0 heterocycles. The first-order valence-corrected chi connectivity index (χ1v) is 30.3. The van der Waals surface area contributed by atoms with Gasteiger partial charge >= 0.3 is 17.9 Å². The number of unbranched alkanes of at least 4 members (excludes halogenated alkanes) is 39. The van der Waals surface area contributed by atoms with Crippen LogP contribution in [0.5, 0.6) is 0 Å². The van der Waals surface area contributed by atoms with Gasteiger partial charge in [0.25, 0.3) is 0 Å². The van der Waals surface area contributed by atoms with E-state index >= 15 is 0 Å². The predicted octanol–water partition coefficient (Wildman–Crippen LogP) is 20.0. The molecule has 0 fully saturated rings. The number of carbonyl (C=O) groups excluding carboxylic acids is 3. The van der Waals surface area contributed by atoms with Crippen molar-refractivity contribution >= 4 is 17.9 Å². The molecule has 0 saturated heterocycles. The van der Waals surface area contributed by atoms with Gasteiger partial charge in [0.15, 0.2) is 6.10 Å². The number of carbonyl (C=O) groups is 3. The van der Waals surface area contributed by atoms with E-state index in [9.17, 15) is 14.4 Å². The predicted molar refractivity (Wildman–Crippen MR) is 289 cm³/mol. The fourth-order valence-corrected chi connectivity index (χ4v) is 9.37. The Bertz CT molecular complexity index is 1030. The zero-order valence-electron chi connectivity index (χ0n) is 46.0. The Morgan fingerprint density at radius 2 is 0.567 bits per heavy atom. The van der Waals surface area contributed by atoms with Gasteiger partial charge in [-0.25, -0.2) is 0 Å². The number of hydrogen-bond donors (Lipinski definition) is 0. The monoisotopic (exact) mass is 947 g/mol. The number of esters is 3. The Labute approximate surface area is 418 Å². The van der Waals surface area contributed by atoms with Gasteiger partial charge in [-0.05, 0) is 31.1 Å². The Kier molecular flexibility index (Phi) is 52.5. The summed E-state index contributed by atoms with van der Waals surface area (Å²) >= 11 is 0. The molecule has 67 heavy (non-hydrogen) atoms. The lowest BCUT2D eigenvalue weighted by Crippen LogP contribution is -2.30. The van der Waals surface area contributed by atoms with Crippen molar-refractivity contribution in [2.45, 2.75) is 349 Å². The van der Waals surface area contributed by atoms with Crippen LogP contribution >= 0.6 is 0 Å². The van der Waals surface area contributed by atoms with Crippen molar-refractivity contribution in [3.8, 4) is 0 Å². The van der Waals surface area contributed by atoms with E-state index in [-0.39, 0.29) is 31.1 Å². The lowest BCUT2D eigenvalue weighted by atomic mass is 9.99. The maximum Gasteiger partial charge on any atom is 0.306 e. The number of ether oxygens (including phenoxy) is 3. The Morgan fingerprint density at radius 3 is 0.851 bits per heavy atom. The van der Waals surface area contributed by atoms with Gasteiger partial charge in [0.2, 0.25) is 0 Å². The first-order valence-electron chi connectivity index (χ1n) is 30.3. The molecule has 2 atom stereocenters. The van der Waals surface area contributed by atoms with Crippen molar-refractivity contribution in [2.24, 2.45) is 11.8 Å². The third-order valence-electron chi connectivity index (χ3n) is 14.3. The first kappa shape index (κ1) is 65.4. The standard InChI is InChI=1S/C61H118O6/c1-6-8-9-10-11-12-13-14-15-16-17-18-19-24-27-32-38-43-48-53-61(64)67-58(55-66-60(63)52-47-42-37-33-28-29-34-39-44-49-56(3)4)54-65-59(62)51-46-41-36-31-26-23-21-20-22-25-30-35-40-45-50-57(5)7-2/h56-58H,6-55H2,1-5H3/t57?,58-/m0/s1. The first-order chi connectivity index (χ1) is 32.8. The average Bonchev–Trinajstić information content (AvgIpc) is 3.31. The van der Waals surface area contributed by atoms with E-state index in [1.165, 1.54) is 231 Å². The van der Waals surface area contributed by atoms with Gasteiger partial charge in [0.05, 0.1) is 0 Å². The van der Waals surface area contributed by atoms with Crippen LogP contribution in [-0.4, -0.2) is 37.2 Å². The molecule has 398 valence electrons. The Morgan fingerprint density at radius 1 is 0.313 bits per heavy atom. The zero-order valence-corrected chi connectivity index (χ0v) is 46.0. The van der Waals surface area contributed by atoms with E-state index in [0.29, 0.717) is 19.3 Å². The van der Waals surface area contributed by atoms with Crippen molar-refractivity contribution in [1.82, 2.24) is 0 Å². The summed E-state index contributed by atoms with van der Waals surface area (Å²) in [5, 5.41) is 0. The molecular weight excluding hydrogens is 829 g/mol. The highest BCUT2D eigenvalue weighted by atomic mass is 16.6. The molecule has 0 spiro atoms. The molecule has 0 radical (unpaired) electrons. The molecule has 0 saturated carbocycles. The van der Waals surface area contributed by atoms with Crippen molar-refractivity contribution in [2.75, 3.05) is 13.2 Å². The topological polar surface area (TPSA) is 78.9 Å². The molecule has 0 aromatic carbocycles. The molecule has 1 unspecified atom stereocenters. The van der Waals surface area contributed by atoms with Crippen molar-refractivity contribution in [1.29, 1.82) is 0 Å². The van der Waals surface area contributed by atoms with Gasteiger partial charge < -0.3 is 14.2 Å². The van der Waals surface area contributed by atoms with Crippen molar-refractivity contribution < 1.29 is 28.6 Å². The molecule has 6 nitrogen and oxygen atoms in total. The zero-order chi connectivity index (χ0) is 48.9. The molecule has 0 bridgehead atoms. The molecule has 0 N–H and O–H groups in total. The lowest BCUT2D eigenvalue weighted by molar-refractivity contribution is -0.167. The quantitative estimate of drug-likeness (QED) is 0.0343. The van der Waals surface area contributed by atoms with Crippen molar-refractivity contribution in [3.05, 3.63) is 0 Å². The van der Waals surface area contributed by atoms with Crippen LogP contribution in [0, 0.1) is 11.8 Å². The van der Waals surface area contributed by atoms with Crippen LogP contribution in [0.25, 0.3) is 0 Å². The van der Waals surface area contributed by atoms with Crippen LogP contribution in [0.1, 0.15) is 343 Å². The molecule has 0 amide bonds. The average molecular weight is 948 g/mol. The third-order valence-corrected chi connectivity index (χ3v) is 14.3. The van der Waals surface area contributed by atoms with Gasteiger partial charge in [0.1, 0.15) is 13.2 Å². The molecule has 0 aromatic heterocycles. The van der Waals surface area contributed by atoms with Gasteiger partial charge in [-0.15, -0.1) is 0 Å². The fraction of sp³-hybridized carbons (Fsp3) is 0.951. The highest BCUT2D eigenvalue weighted by Gasteiger charge is 2.19. The summed E-state index contributed by atoms with van der Waals surface area (Å²) in [6, 6.07) is 0. The summed E-state index contributed by atoms with van der Waals surface area (Å²) in [4.78, 5) is 38.2. The Hall–Kier alpha value is -1.59. The molecule has 6 heteroatoms. The van der Waals surface area contributed by atoms with E-state index < -0.39 is 6.10 Å². The van der Waals surface area contributed by atoms with E-state index in [1.807, 2.05) is 0 Å². The summed E-state index contributed by atoms with van der Waals surface area (Å²) in [5.74, 6) is 0.866. The second-order valence-electron chi connectivity index (χ2n) is 21.7. The summed E-state index contributed by atoms with van der Waals surface area (Å²) in [7, 11) is 0. The second-order valence-corrected chi connectivity index (χ2v) is 21.7. The summed E-state index contributed by atoms with van der Waals surface area (Å²) in [6.07, 6.45) is 58.1. The molecule has 0 aliphatic carbocycles. The highest BCUT2D eigenvalue weighted by molar-refractivity contribution is 5.71. The normalized spacial score (nSPS) is 12.4. The summed E-state index contributed by atoms with van der Waals surface area (Å²) in [6.45, 7) is 11.4. The second kappa shape index (κ2) is 53.8. The van der Waals surface area contributed by atoms with E-state index in [1.54, 1.807) is 0 Å². The van der Waals surface area contributed by atoms with Crippen LogP contribution in [0.3, 0.4) is 0 Å². The van der Waals surface area contributed by atoms with Crippen LogP contribution in [0.15, 0.2) is 0 Å². The minimum Gasteiger partial charge on any atom is -0.462 e. The van der Waals surface area contributed by atoms with E-state index in [2.05, 4.69) is 34.6 Å². The maximum absolute atomic E-state index is 12.9. The molecule has 0 aliphatic heterocycles. The Balaban J connectivity index is 4.27. The van der Waals surface area contributed by atoms with Crippen LogP contribution in [0.4, 0.5) is 0 Å². The lowest BCUT2D eigenvalue weighted by Gasteiger charge is -2.18. The minimum absolute atomic E-state index is 0.0627. The van der Waals surface area contributed by atoms with E-state index in [4.69, 9.17) is 14.2 Å². The summed E-state index contributed by atoms with van der Waals surface area (Å²) in [5.41, 5.74) is 0. The van der Waals surface area contributed by atoms with Gasteiger partial charge in [-0.2, -0.15) is 0 Å². The van der Waals surface area contributed by atoms with Crippen LogP contribution in [0.2, 0.25) is 0 Å². The van der Waals surface area contributed by atoms with Gasteiger partial charge in [-0.1, -0.05) is 304 Å². The molecule has 0 aliphatic rings. The van der Waals surface area contributed by atoms with Crippen LogP contribution < -0.4 is 0 Å². The van der Waals surface area contributed by atoms with Gasteiger partial charge in [-0.3, -0.25) is 14.4 Å². The largest absolute Gasteiger partial charge is 0.462 e. The van der Waals surface area contributed by atoms with Crippen LogP contribution in [-0.2, 0) is 28.6 Å². The number of hydrogen-bond acceptors (Lipinski definition) is 6. The number of rotatable bonds is 55. The third kappa shape index (κ3) is 53.6. The maximum atomic E-state index is 12.9. The van der Waals surface area contributed by atoms with Crippen molar-refractivity contribution in [3.63, 3.8) is 0 Å². The summed E-state index contributed by atoms with van der Waals surface area (Å²) < 4.78 is 16.9. The van der Waals surface area contributed by atoms with E-state index in [0.717, 1.165) is 69.6 Å². The minimum atomic E-state index is -0.763. The SMILES string of the molecule is CCCCCCCCCCCCCCCCCCCCCC(=O)O[C@@H](COC(=O)CCCCCCCCCCCCCCCCC(C)CC)COC(=O)CCCCCCCCCCCC(C)C. The highest BCUT2D eigenvalue weighted by Crippen LogP contribution is 2.19. The smallest absolute Gasteiger partial charge is 0.306 e. The molecule has 0 rings (SSSR count). The molecule has 0 aromatic rings. The van der Waals surface area contributed by atoms with Gasteiger partial charge in [0, 0.05) is 19.3 Å². The molecular formula is C61H118O6.